The first-order valence-electron chi connectivity index (χ1n) is 4.43. The van der Waals surface area contributed by atoms with Gasteiger partial charge in [0.25, 0.3) is 0 Å². The summed E-state index contributed by atoms with van der Waals surface area (Å²) in [7, 11) is 0. The first kappa shape index (κ1) is 8.87. The fraction of sp³-hybridized carbons (Fsp3) is 0.300. The minimum Gasteiger partial charge on any atom is -0.489 e. The lowest BCUT2D eigenvalue weighted by atomic mass is 10.1. The largest absolute Gasteiger partial charge is 0.489 e. The van der Waals surface area contributed by atoms with Crippen LogP contribution in [0.1, 0.15) is 17.3 Å². The maximum Gasteiger partial charge on any atom is 0.335 e. The number of rotatable bonds is 1. The molecule has 1 atom stereocenters. The molecule has 1 aromatic carbocycles. The van der Waals surface area contributed by atoms with Gasteiger partial charge in [0.1, 0.15) is 12.4 Å². The van der Waals surface area contributed by atoms with Crippen molar-refractivity contribution in [1.82, 2.24) is 0 Å². The van der Waals surface area contributed by atoms with Crippen LogP contribution in [0.5, 0.6) is 5.75 Å². The lowest BCUT2D eigenvalue weighted by Gasteiger charge is -2.24. The average Bonchev–Trinajstić information content (AvgIpc) is 2.16. The molecule has 2 N–H and O–H groups in total. The SMILES string of the molecule is CC1COc2cc(C(=O)O)ccc2N1. The van der Waals surface area contributed by atoms with E-state index < -0.39 is 5.97 Å². The summed E-state index contributed by atoms with van der Waals surface area (Å²) in [6.07, 6.45) is 0. The second kappa shape index (κ2) is 3.21. The Labute approximate surface area is 81.5 Å². The van der Waals surface area contributed by atoms with Crippen molar-refractivity contribution in [3.05, 3.63) is 23.8 Å². The minimum atomic E-state index is -0.935. The van der Waals surface area contributed by atoms with E-state index in [4.69, 9.17) is 9.84 Å². The predicted octanol–water partition coefficient (Wildman–Crippen LogP) is 1.58. The molecule has 0 amide bonds. The highest BCUT2D eigenvalue weighted by Gasteiger charge is 2.16. The summed E-state index contributed by atoms with van der Waals surface area (Å²) >= 11 is 0. The van der Waals surface area contributed by atoms with E-state index in [1.165, 1.54) is 6.07 Å². The quantitative estimate of drug-likeness (QED) is 0.710. The van der Waals surface area contributed by atoms with E-state index in [0.717, 1.165) is 5.69 Å². The molecule has 0 aromatic heterocycles. The molecule has 1 aliphatic heterocycles. The lowest BCUT2D eigenvalue weighted by Crippen LogP contribution is -2.28. The number of anilines is 1. The van der Waals surface area contributed by atoms with E-state index in [9.17, 15) is 4.79 Å². The number of carbonyl (C=O) groups is 1. The molecule has 1 aromatic rings. The van der Waals surface area contributed by atoms with Crippen molar-refractivity contribution in [2.75, 3.05) is 11.9 Å². The van der Waals surface area contributed by atoms with Crippen LogP contribution in [-0.2, 0) is 0 Å². The maximum atomic E-state index is 10.7. The zero-order chi connectivity index (χ0) is 10.1. The van der Waals surface area contributed by atoms with Crippen LogP contribution >= 0.6 is 0 Å². The summed E-state index contributed by atoms with van der Waals surface area (Å²) in [4.78, 5) is 10.7. The van der Waals surface area contributed by atoms with E-state index >= 15 is 0 Å². The van der Waals surface area contributed by atoms with Crippen molar-refractivity contribution >= 4 is 11.7 Å². The fourth-order valence-corrected chi connectivity index (χ4v) is 1.42. The third-order valence-corrected chi connectivity index (χ3v) is 2.12. The highest BCUT2D eigenvalue weighted by Crippen LogP contribution is 2.29. The van der Waals surface area contributed by atoms with Gasteiger partial charge in [-0.05, 0) is 25.1 Å². The van der Waals surface area contributed by atoms with Gasteiger partial charge in [-0.1, -0.05) is 0 Å². The van der Waals surface area contributed by atoms with Crippen molar-refractivity contribution < 1.29 is 14.6 Å². The number of hydrogen-bond donors (Lipinski definition) is 2. The van der Waals surface area contributed by atoms with Crippen LogP contribution in [0.15, 0.2) is 18.2 Å². The molecule has 74 valence electrons. The van der Waals surface area contributed by atoms with E-state index in [2.05, 4.69) is 5.32 Å². The number of fused-ring (bicyclic) bond motifs is 1. The summed E-state index contributed by atoms with van der Waals surface area (Å²) in [5.41, 5.74) is 1.11. The van der Waals surface area contributed by atoms with Gasteiger partial charge in [-0.2, -0.15) is 0 Å². The monoisotopic (exact) mass is 193 g/mol. The standard InChI is InChI=1S/C10H11NO3/c1-6-5-14-9-4-7(10(12)13)2-3-8(9)11-6/h2-4,6,11H,5H2,1H3,(H,12,13). The second-order valence-electron chi connectivity index (χ2n) is 3.37. The van der Waals surface area contributed by atoms with Gasteiger partial charge in [-0.25, -0.2) is 4.79 Å². The average molecular weight is 193 g/mol. The van der Waals surface area contributed by atoms with E-state index in [-0.39, 0.29) is 11.6 Å². The third kappa shape index (κ3) is 1.51. The molecule has 0 spiro atoms. The Balaban J connectivity index is 2.36. The van der Waals surface area contributed by atoms with E-state index in [1.807, 2.05) is 6.92 Å². The topological polar surface area (TPSA) is 58.6 Å². The van der Waals surface area contributed by atoms with Crippen LogP contribution in [0.4, 0.5) is 5.69 Å². The van der Waals surface area contributed by atoms with Gasteiger partial charge in [0.15, 0.2) is 0 Å². The van der Waals surface area contributed by atoms with Crippen LogP contribution in [0.25, 0.3) is 0 Å². The predicted molar refractivity (Wildman–Crippen MR) is 52.0 cm³/mol. The Morgan fingerprint density at radius 1 is 1.64 bits per heavy atom. The molecule has 1 unspecified atom stereocenters. The zero-order valence-corrected chi connectivity index (χ0v) is 7.78. The molecule has 0 bridgehead atoms. The van der Waals surface area contributed by atoms with Crippen molar-refractivity contribution in [3.8, 4) is 5.75 Å². The maximum absolute atomic E-state index is 10.7. The first-order valence-corrected chi connectivity index (χ1v) is 4.43. The van der Waals surface area contributed by atoms with Crippen molar-refractivity contribution in [3.63, 3.8) is 0 Å². The number of ether oxygens (including phenoxy) is 1. The highest BCUT2D eigenvalue weighted by molar-refractivity contribution is 5.89. The van der Waals surface area contributed by atoms with Gasteiger partial charge >= 0.3 is 5.97 Å². The zero-order valence-electron chi connectivity index (χ0n) is 7.78. The van der Waals surface area contributed by atoms with Crippen LogP contribution in [0.2, 0.25) is 0 Å². The molecule has 4 heteroatoms. The Kier molecular flexibility index (Phi) is 2.04. The van der Waals surface area contributed by atoms with Gasteiger partial charge in [0.05, 0.1) is 17.3 Å². The molecular formula is C10H11NO3. The highest BCUT2D eigenvalue weighted by atomic mass is 16.5. The Bertz CT molecular complexity index is 376. The first-order chi connectivity index (χ1) is 6.66. The van der Waals surface area contributed by atoms with Gasteiger partial charge < -0.3 is 15.2 Å². The molecule has 4 nitrogen and oxygen atoms in total. The second-order valence-corrected chi connectivity index (χ2v) is 3.37. The van der Waals surface area contributed by atoms with Crippen LogP contribution in [0, 0.1) is 0 Å². The van der Waals surface area contributed by atoms with Gasteiger partial charge in [-0.15, -0.1) is 0 Å². The molecule has 1 heterocycles. The Morgan fingerprint density at radius 2 is 2.43 bits per heavy atom. The summed E-state index contributed by atoms with van der Waals surface area (Å²) in [5, 5.41) is 12.0. The third-order valence-electron chi connectivity index (χ3n) is 2.12. The number of aromatic carboxylic acids is 1. The smallest absolute Gasteiger partial charge is 0.335 e. The van der Waals surface area contributed by atoms with Crippen molar-refractivity contribution in [1.29, 1.82) is 0 Å². The molecule has 1 aliphatic rings. The minimum absolute atomic E-state index is 0.250. The number of hydrogen-bond acceptors (Lipinski definition) is 3. The van der Waals surface area contributed by atoms with E-state index in [0.29, 0.717) is 12.4 Å². The lowest BCUT2D eigenvalue weighted by molar-refractivity contribution is 0.0696. The van der Waals surface area contributed by atoms with Crippen LogP contribution < -0.4 is 10.1 Å². The van der Waals surface area contributed by atoms with Gasteiger partial charge in [0.2, 0.25) is 0 Å². The summed E-state index contributed by atoms with van der Waals surface area (Å²) in [6.45, 7) is 2.57. The molecule has 0 fully saturated rings. The normalized spacial score (nSPS) is 19.1. The van der Waals surface area contributed by atoms with Crippen molar-refractivity contribution in [2.24, 2.45) is 0 Å². The number of benzene rings is 1. The molecule has 0 saturated carbocycles. The fourth-order valence-electron chi connectivity index (χ4n) is 1.42. The van der Waals surface area contributed by atoms with Crippen LogP contribution in [0.3, 0.4) is 0 Å². The molecule has 14 heavy (non-hydrogen) atoms. The Hall–Kier alpha value is -1.71. The number of carboxylic acids is 1. The van der Waals surface area contributed by atoms with Crippen LogP contribution in [-0.4, -0.2) is 23.7 Å². The van der Waals surface area contributed by atoms with Gasteiger partial charge in [-0.3, -0.25) is 0 Å². The molecule has 2 rings (SSSR count). The molecule has 0 saturated heterocycles. The summed E-state index contributed by atoms with van der Waals surface area (Å²) in [6, 6.07) is 5.10. The summed E-state index contributed by atoms with van der Waals surface area (Å²) < 4.78 is 5.40. The van der Waals surface area contributed by atoms with E-state index in [1.54, 1.807) is 12.1 Å². The van der Waals surface area contributed by atoms with Gasteiger partial charge in [0, 0.05) is 0 Å². The molecule has 0 radical (unpaired) electrons. The molecular weight excluding hydrogens is 182 g/mol. The number of nitrogens with one attached hydrogen (secondary N) is 1. The summed E-state index contributed by atoms with van der Waals surface area (Å²) in [5.74, 6) is -0.321. The number of carboxylic acid groups (broad SMARTS) is 1. The van der Waals surface area contributed by atoms with Crippen molar-refractivity contribution in [2.45, 2.75) is 13.0 Å². The molecule has 0 aliphatic carbocycles. The Morgan fingerprint density at radius 3 is 3.14 bits per heavy atom.